The lowest BCUT2D eigenvalue weighted by Gasteiger charge is -2.05. The number of phenols is 2. The first-order chi connectivity index (χ1) is 9.60. The summed E-state index contributed by atoms with van der Waals surface area (Å²) in [4.78, 5) is 12.1. The van der Waals surface area contributed by atoms with E-state index >= 15 is 0 Å². The van der Waals surface area contributed by atoms with Crippen molar-refractivity contribution in [3.8, 4) is 17.2 Å². The summed E-state index contributed by atoms with van der Waals surface area (Å²) in [5.74, 6) is 0.315. The highest BCUT2D eigenvalue weighted by Crippen LogP contribution is 2.24. The molecule has 0 aliphatic heterocycles. The fourth-order valence-corrected chi connectivity index (χ4v) is 1.73. The maximum Gasteiger partial charge on any atom is 0.189 e. The summed E-state index contributed by atoms with van der Waals surface area (Å²) < 4.78 is 5.07. The topological polar surface area (TPSA) is 66.8 Å². The van der Waals surface area contributed by atoms with Gasteiger partial charge in [0.1, 0.15) is 17.2 Å². The van der Waals surface area contributed by atoms with Gasteiger partial charge in [-0.3, -0.25) is 4.79 Å². The second-order valence-corrected chi connectivity index (χ2v) is 4.17. The normalized spacial score (nSPS) is 10.7. The molecule has 0 heterocycles. The van der Waals surface area contributed by atoms with Gasteiger partial charge in [-0.1, -0.05) is 18.2 Å². The van der Waals surface area contributed by atoms with Crippen LogP contribution in [0.5, 0.6) is 17.2 Å². The van der Waals surface area contributed by atoms with E-state index in [1.807, 2.05) is 0 Å². The molecule has 4 nitrogen and oxygen atoms in total. The molecule has 2 rings (SSSR count). The SMILES string of the molecule is COc1cc(O)ccc1C(=O)/C=C\c1ccc(O)cc1. The Morgan fingerprint density at radius 1 is 1.05 bits per heavy atom. The van der Waals surface area contributed by atoms with Crippen molar-refractivity contribution in [1.82, 2.24) is 0 Å². The summed E-state index contributed by atoms with van der Waals surface area (Å²) in [5.41, 5.74) is 1.18. The van der Waals surface area contributed by atoms with E-state index < -0.39 is 0 Å². The van der Waals surface area contributed by atoms with E-state index in [-0.39, 0.29) is 17.3 Å². The lowest BCUT2D eigenvalue weighted by atomic mass is 10.1. The van der Waals surface area contributed by atoms with Gasteiger partial charge < -0.3 is 14.9 Å². The Morgan fingerprint density at radius 2 is 1.70 bits per heavy atom. The quantitative estimate of drug-likeness (QED) is 0.662. The average molecular weight is 270 g/mol. The Morgan fingerprint density at radius 3 is 2.35 bits per heavy atom. The van der Waals surface area contributed by atoms with E-state index in [9.17, 15) is 15.0 Å². The zero-order valence-electron chi connectivity index (χ0n) is 10.9. The molecular weight excluding hydrogens is 256 g/mol. The Kier molecular flexibility index (Phi) is 4.05. The van der Waals surface area contributed by atoms with Crippen LogP contribution in [0.4, 0.5) is 0 Å². The van der Waals surface area contributed by atoms with E-state index in [0.29, 0.717) is 11.3 Å². The van der Waals surface area contributed by atoms with Crippen molar-refractivity contribution in [3.63, 3.8) is 0 Å². The van der Waals surface area contributed by atoms with Crippen LogP contribution in [0.15, 0.2) is 48.5 Å². The minimum Gasteiger partial charge on any atom is -0.508 e. The van der Waals surface area contributed by atoms with Gasteiger partial charge in [-0.05, 0) is 35.9 Å². The van der Waals surface area contributed by atoms with Crippen molar-refractivity contribution >= 4 is 11.9 Å². The highest BCUT2D eigenvalue weighted by molar-refractivity contribution is 6.08. The number of hydrogen-bond acceptors (Lipinski definition) is 4. The molecule has 2 aromatic rings. The van der Waals surface area contributed by atoms with Gasteiger partial charge in [-0.25, -0.2) is 0 Å². The Balaban J connectivity index is 2.22. The number of methoxy groups -OCH3 is 1. The van der Waals surface area contributed by atoms with Crippen molar-refractivity contribution in [1.29, 1.82) is 0 Å². The van der Waals surface area contributed by atoms with Crippen LogP contribution in [0.2, 0.25) is 0 Å². The van der Waals surface area contributed by atoms with Crippen LogP contribution in [0, 0.1) is 0 Å². The molecule has 0 saturated carbocycles. The van der Waals surface area contributed by atoms with Crippen LogP contribution >= 0.6 is 0 Å². The maximum absolute atomic E-state index is 12.1. The summed E-state index contributed by atoms with van der Waals surface area (Å²) in [6, 6.07) is 10.8. The van der Waals surface area contributed by atoms with Gasteiger partial charge in [0, 0.05) is 6.07 Å². The highest BCUT2D eigenvalue weighted by Gasteiger charge is 2.10. The number of phenolic OH excluding ortho intramolecular Hbond substituents is 2. The molecule has 2 aromatic carbocycles. The molecular formula is C16H14O4. The number of ketones is 1. The van der Waals surface area contributed by atoms with E-state index in [2.05, 4.69) is 0 Å². The molecule has 0 amide bonds. The van der Waals surface area contributed by atoms with Crippen molar-refractivity contribution in [2.24, 2.45) is 0 Å². The second kappa shape index (κ2) is 5.93. The van der Waals surface area contributed by atoms with Crippen molar-refractivity contribution in [2.45, 2.75) is 0 Å². The van der Waals surface area contributed by atoms with Gasteiger partial charge in [0.25, 0.3) is 0 Å². The van der Waals surface area contributed by atoms with Crippen LogP contribution in [0.25, 0.3) is 6.08 Å². The third-order valence-corrected chi connectivity index (χ3v) is 2.77. The third-order valence-electron chi connectivity index (χ3n) is 2.77. The molecule has 0 spiro atoms. The van der Waals surface area contributed by atoms with Gasteiger partial charge in [0.05, 0.1) is 12.7 Å². The van der Waals surface area contributed by atoms with E-state index in [4.69, 9.17) is 4.74 Å². The average Bonchev–Trinajstić information content (AvgIpc) is 2.46. The molecule has 102 valence electrons. The van der Waals surface area contributed by atoms with Gasteiger partial charge in [-0.15, -0.1) is 0 Å². The summed E-state index contributed by atoms with van der Waals surface area (Å²) >= 11 is 0. The predicted molar refractivity (Wildman–Crippen MR) is 76.1 cm³/mol. The summed E-state index contributed by atoms with van der Waals surface area (Å²) in [6.45, 7) is 0. The maximum atomic E-state index is 12.1. The first kappa shape index (κ1) is 13.7. The Labute approximate surface area is 116 Å². The van der Waals surface area contributed by atoms with Crippen LogP contribution in [-0.4, -0.2) is 23.1 Å². The number of hydrogen-bond donors (Lipinski definition) is 2. The number of aromatic hydroxyl groups is 2. The predicted octanol–water partition coefficient (Wildman–Crippen LogP) is 3.00. The van der Waals surface area contributed by atoms with Crippen molar-refractivity contribution < 1.29 is 19.7 Å². The monoisotopic (exact) mass is 270 g/mol. The molecule has 2 N–H and O–H groups in total. The van der Waals surface area contributed by atoms with Crippen LogP contribution in [0.3, 0.4) is 0 Å². The van der Waals surface area contributed by atoms with Crippen LogP contribution in [-0.2, 0) is 0 Å². The first-order valence-corrected chi connectivity index (χ1v) is 5.98. The minimum absolute atomic E-state index is 0.0425. The fraction of sp³-hybridized carbons (Fsp3) is 0.0625. The van der Waals surface area contributed by atoms with Gasteiger partial charge in [0.15, 0.2) is 5.78 Å². The molecule has 0 unspecified atom stereocenters. The molecule has 0 radical (unpaired) electrons. The summed E-state index contributed by atoms with van der Waals surface area (Å²) in [6.07, 6.45) is 3.06. The largest absolute Gasteiger partial charge is 0.508 e. The molecule has 0 aromatic heterocycles. The lowest BCUT2D eigenvalue weighted by Crippen LogP contribution is -1.98. The minimum atomic E-state index is -0.227. The molecule has 0 aliphatic carbocycles. The smallest absolute Gasteiger partial charge is 0.189 e. The number of benzene rings is 2. The zero-order chi connectivity index (χ0) is 14.5. The number of carbonyl (C=O) groups is 1. The summed E-state index contributed by atoms with van der Waals surface area (Å²) in [7, 11) is 1.44. The number of allylic oxidation sites excluding steroid dienone is 1. The Bertz CT molecular complexity index is 642. The molecule has 0 aliphatic rings. The molecule has 0 saturated heterocycles. The van der Waals surface area contributed by atoms with Crippen molar-refractivity contribution in [2.75, 3.05) is 7.11 Å². The van der Waals surface area contributed by atoms with E-state index in [1.165, 1.54) is 31.4 Å². The van der Waals surface area contributed by atoms with Gasteiger partial charge >= 0.3 is 0 Å². The standard InChI is InChI=1S/C16H14O4/c1-20-16-10-13(18)7-8-14(16)15(19)9-4-11-2-5-12(17)6-3-11/h2-10,17-18H,1H3/b9-4-. The van der Waals surface area contributed by atoms with Gasteiger partial charge in [0.2, 0.25) is 0 Å². The van der Waals surface area contributed by atoms with E-state index in [1.54, 1.807) is 30.3 Å². The lowest BCUT2D eigenvalue weighted by molar-refractivity contribution is 0.104. The van der Waals surface area contributed by atoms with Crippen molar-refractivity contribution in [3.05, 3.63) is 59.7 Å². The third kappa shape index (κ3) is 3.17. The van der Waals surface area contributed by atoms with E-state index in [0.717, 1.165) is 5.56 Å². The molecule has 0 bridgehead atoms. The van der Waals surface area contributed by atoms with Crippen LogP contribution < -0.4 is 4.74 Å². The molecule has 0 fully saturated rings. The summed E-state index contributed by atoms with van der Waals surface area (Å²) in [5, 5.41) is 18.5. The fourth-order valence-electron chi connectivity index (χ4n) is 1.73. The van der Waals surface area contributed by atoms with Crippen LogP contribution in [0.1, 0.15) is 15.9 Å². The highest BCUT2D eigenvalue weighted by atomic mass is 16.5. The second-order valence-electron chi connectivity index (χ2n) is 4.17. The zero-order valence-corrected chi connectivity index (χ0v) is 10.9. The number of carbonyl (C=O) groups excluding carboxylic acids is 1. The molecule has 20 heavy (non-hydrogen) atoms. The molecule has 4 heteroatoms. The number of ether oxygens (including phenoxy) is 1. The first-order valence-electron chi connectivity index (χ1n) is 5.98. The Hall–Kier alpha value is -2.75. The molecule has 0 atom stereocenters. The number of rotatable bonds is 4. The van der Waals surface area contributed by atoms with Gasteiger partial charge in [-0.2, -0.15) is 0 Å².